The fourth-order valence-corrected chi connectivity index (χ4v) is 5.04. The van der Waals surface area contributed by atoms with Gasteiger partial charge in [0.2, 0.25) is 5.75 Å². The lowest BCUT2D eigenvalue weighted by Crippen LogP contribution is -2.30. The van der Waals surface area contributed by atoms with E-state index in [1.807, 2.05) is 39.0 Å². The van der Waals surface area contributed by atoms with E-state index in [1.54, 1.807) is 30.3 Å². The molecule has 1 atom stereocenters. The monoisotopic (exact) mass is 517 g/mol. The van der Waals surface area contributed by atoms with Crippen LogP contribution in [0.15, 0.2) is 54.1 Å². The number of amides is 1. The predicted molar refractivity (Wildman–Crippen MR) is 145 cm³/mol. The van der Waals surface area contributed by atoms with Gasteiger partial charge in [0, 0.05) is 5.69 Å². The normalized spacial score (nSPS) is 16.5. The summed E-state index contributed by atoms with van der Waals surface area (Å²) in [5, 5.41) is 11.7. The molecule has 8 nitrogen and oxygen atoms in total. The molecule has 0 aliphatic carbocycles. The fourth-order valence-electron chi connectivity index (χ4n) is 5.04. The molecule has 1 amide bonds. The third kappa shape index (κ3) is 4.32. The number of hydrogen-bond acceptors (Lipinski definition) is 7. The highest BCUT2D eigenvalue weighted by Gasteiger charge is 2.48. The molecule has 1 aliphatic heterocycles. The van der Waals surface area contributed by atoms with Crippen molar-refractivity contribution in [2.75, 3.05) is 33.3 Å². The molecule has 198 valence electrons. The number of aliphatic hydroxyl groups excluding tert-OH is 1. The zero-order valence-electron chi connectivity index (χ0n) is 22.5. The number of hydrogen-bond donors (Lipinski definition) is 1. The number of para-hydroxylation sites is 1. The third-order valence-corrected chi connectivity index (χ3v) is 6.70. The maximum absolute atomic E-state index is 13.7. The van der Waals surface area contributed by atoms with Crippen molar-refractivity contribution < 1.29 is 33.6 Å². The molecular weight excluding hydrogens is 486 g/mol. The molecule has 1 fully saturated rings. The van der Waals surface area contributed by atoms with Gasteiger partial charge >= 0.3 is 0 Å². The Bertz CT molecular complexity index is 1430. The van der Waals surface area contributed by atoms with E-state index in [2.05, 4.69) is 0 Å². The number of carbonyl (C=O) groups excluding carboxylic acids is 2. The van der Waals surface area contributed by atoms with Crippen molar-refractivity contribution in [3.8, 4) is 23.0 Å². The SMILES string of the molecule is COc1cc(C2/C(=C(\O)c3cc(C)cc(C)c3OC)C(=O)C(=O)N2c2ccccc2C)cc(OC)c1OC. The number of ketones is 1. The molecule has 0 saturated carbocycles. The molecule has 1 heterocycles. The minimum atomic E-state index is -0.990. The van der Waals surface area contributed by atoms with Crippen molar-refractivity contribution in [3.05, 3.63) is 81.9 Å². The Morgan fingerprint density at radius 2 is 1.39 bits per heavy atom. The van der Waals surface area contributed by atoms with Crippen LogP contribution < -0.4 is 23.8 Å². The van der Waals surface area contributed by atoms with E-state index in [4.69, 9.17) is 18.9 Å². The summed E-state index contributed by atoms with van der Waals surface area (Å²) >= 11 is 0. The first-order valence-electron chi connectivity index (χ1n) is 12.0. The zero-order valence-corrected chi connectivity index (χ0v) is 22.5. The molecule has 4 rings (SSSR count). The van der Waals surface area contributed by atoms with Gasteiger partial charge in [-0.2, -0.15) is 0 Å². The summed E-state index contributed by atoms with van der Waals surface area (Å²) in [5.41, 5.74) is 3.72. The molecule has 38 heavy (non-hydrogen) atoms. The second-order valence-electron chi connectivity index (χ2n) is 9.08. The number of benzene rings is 3. The Morgan fingerprint density at radius 1 is 0.789 bits per heavy atom. The van der Waals surface area contributed by atoms with Crippen molar-refractivity contribution >= 4 is 23.1 Å². The first kappa shape index (κ1) is 26.6. The number of ether oxygens (including phenoxy) is 4. The van der Waals surface area contributed by atoms with E-state index in [-0.39, 0.29) is 11.3 Å². The summed E-state index contributed by atoms with van der Waals surface area (Å²) < 4.78 is 22.2. The predicted octanol–water partition coefficient (Wildman–Crippen LogP) is 5.27. The van der Waals surface area contributed by atoms with Crippen LogP contribution >= 0.6 is 0 Å². The van der Waals surface area contributed by atoms with Gasteiger partial charge in [0.25, 0.3) is 11.7 Å². The molecule has 3 aromatic carbocycles. The van der Waals surface area contributed by atoms with Gasteiger partial charge in [-0.25, -0.2) is 0 Å². The Balaban J connectivity index is 2.09. The molecule has 0 spiro atoms. The van der Waals surface area contributed by atoms with Crippen molar-refractivity contribution in [3.63, 3.8) is 0 Å². The molecule has 3 aromatic rings. The first-order valence-corrected chi connectivity index (χ1v) is 12.0. The lowest BCUT2D eigenvalue weighted by molar-refractivity contribution is -0.132. The van der Waals surface area contributed by atoms with Crippen LogP contribution in [-0.4, -0.2) is 45.2 Å². The van der Waals surface area contributed by atoms with E-state index in [0.29, 0.717) is 39.8 Å². The quantitative estimate of drug-likeness (QED) is 0.259. The topological polar surface area (TPSA) is 94.5 Å². The summed E-state index contributed by atoms with van der Waals surface area (Å²) in [7, 11) is 5.96. The number of methoxy groups -OCH3 is 4. The average Bonchev–Trinajstić information content (AvgIpc) is 3.17. The van der Waals surface area contributed by atoms with Gasteiger partial charge in [-0.1, -0.05) is 24.3 Å². The molecule has 0 aromatic heterocycles. The van der Waals surface area contributed by atoms with Gasteiger partial charge in [-0.05, 0) is 67.3 Å². The average molecular weight is 518 g/mol. The largest absolute Gasteiger partial charge is 0.507 e. The molecule has 0 bridgehead atoms. The van der Waals surface area contributed by atoms with Crippen LogP contribution in [0.2, 0.25) is 0 Å². The molecule has 1 N–H and O–H groups in total. The van der Waals surface area contributed by atoms with Gasteiger partial charge in [0.05, 0.1) is 45.6 Å². The molecule has 0 radical (unpaired) electrons. The fraction of sp³-hybridized carbons (Fsp3) is 0.267. The lowest BCUT2D eigenvalue weighted by Gasteiger charge is -2.28. The number of anilines is 1. The minimum Gasteiger partial charge on any atom is -0.507 e. The summed E-state index contributed by atoms with van der Waals surface area (Å²) in [6.45, 7) is 5.59. The highest BCUT2D eigenvalue weighted by Crippen LogP contribution is 2.48. The Morgan fingerprint density at radius 3 is 1.95 bits per heavy atom. The third-order valence-electron chi connectivity index (χ3n) is 6.70. The maximum atomic E-state index is 13.7. The zero-order chi connectivity index (χ0) is 27.7. The highest BCUT2D eigenvalue weighted by molar-refractivity contribution is 6.51. The van der Waals surface area contributed by atoms with E-state index < -0.39 is 17.7 Å². The number of aliphatic hydroxyl groups is 1. The van der Waals surface area contributed by atoms with Gasteiger partial charge in [0.1, 0.15) is 11.5 Å². The van der Waals surface area contributed by atoms with Crippen molar-refractivity contribution in [1.82, 2.24) is 0 Å². The van der Waals surface area contributed by atoms with Gasteiger partial charge in [0.15, 0.2) is 11.5 Å². The lowest BCUT2D eigenvalue weighted by atomic mass is 9.93. The number of carbonyl (C=O) groups is 2. The summed E-state index contributed by atoms with van der Waals surface area (Å²) in [5.74, 6) is -0.431. The number of Topliss-reactive ketones (excluding diaryl/α,β-unsaturated/α-hetero) is 1. The van der Waals surface area contributed by atoms with Crippen molar-refractivity contribution in [1.29, 1.82) is 0 Å². The second-order valence-corrected chi connectivity index (χ2v) is 9.08. The number of rotatable bonds is 7. The Hall–Kier alpha value is -4.46. The van der Waals surface area contributed by atoms with Crippen LogP contribution in [0.3, 0.4) is 0 Å². The summed E-state index contributed by atoms with van der Waals surface area (Å²) in [6.07, 6.45) is 0. The standard InChI is InChI=1S/C30H31NO7/c1-16-12-18(3)28(37-6)20(13-16)26(32)24-25(19-14-22(35-4)29(38-7)23(15-19)36-5)31(30(34)27(24)33)21-11-9-8-10-17(21)2/h8-15,25,32H,1-7H3/b26-24+. The number of nitrogens with zero attached hydrogens (tertiary/aromatic N) is 1. The van der Waals surface area contributed by atoms with E-state index in [1.165, 1.54) is 33.3 Å². The van der Waals surface area contributed by atoms with E-state index >= 15 is 0 Å². The smallest absolute Gasteiger partial charge is 0.300 e. The Labute approximate surface area is 222 Å². The van der Waals surface area contributed by atoms with Gasteiger partial charge in [-0.3, -0.25) is 14.5 Å². The van der Waals surface area contributed by atoms with E-state index in [0.717, 1.165) is 16.7 Å². The molecule has 1 saturated heterocycles. The molecule has 1 aliphatic rings. The summed E-state index contributed by atoms with van der Waals surface area (Å²) in [6, 6.07) is 13.3. The maximum Gasteiger partial charge on any atom is 0.300 e. The van der Waals surface area contributed by atoms with Crippen LogP contribution in [0.4, 0.5) is 5.69 Å². The van der Waals surface area contributed by atoms with Crippen LogP contribution in [-0.2, 0) is 9.59 Å². The van der Waals surface area contributed by atoms with Gasteiger partial charge < -0.3 is 24.1 Å². The van der Waals surface area contributed by atoms with Crippen molar-refractivity contribution in [2.45, 2.75) is 26.8 Å². The van der Waals surface area contributed by atoms with Crippen LogP contribution in [0.5, 0.6) is 23.0 Å². The molecule has 1 unspecified atom stereocenters. The van der Waals surface area contributed by atoms with Crippen LogP contribution in [0, 0.1) is 20.8 Å². The Kier molecular flexibility index (Phi) is 7.35. The molecule has 8 heteroatoms. The highest BCUT2D eigenvalue weighted by atomic mass is 16.5. The molecular formula is C30H31NO7. The second kappa shape index (κ2) is 10.5. The minimum absolute atomic E-state index is 0.0733. The van der Waals surface area contributed by atoms with E-state index in [9.17, 15) is 14.7 Å². The van der Waals surface area contributed by atoms with Crippen molar-refractivity contribution in [2.24, 2.45) is 0 Å². The van der Waals surface area contributed by atoms with Gasteiger partial charge in [-0.15, -0.1) is 0 Å². The van der Waals surface area contributed by atoms with Crippen LogP contribution in [0.1, 0.15) is 33.9 Å². The summed E-state index contributed by atoms with van der Waals surface area (Å²) in [4.78, 5) is 28.7. The van der Waals surface area contributed by atoms with Crippen LogP contribution in [0.25, 0.3) is 5.76 Å². The first-order chi connectivity index (χ1) is 18.2. The number of aryl methyl sites for hydroxylation is 3.